The first-order valence-corrected chi connectivity index (χ1v) is 13.3. The molecule has 0 radical (unpaired) electrons. The molecule has 35 heavy (non-hydrogen) atoms. The van der Waals surface area contributed by atoms with Gasteiger partial charge in [0.2, 0.25) is 15.9 Å². The van der Waals surface area contributed by atoms with Crippen molar-refractivity contribution >= 4 is 34.7 Å². The maximum atomic E-state index is 13.0. The second kappa shape index (κ2) is 12.2. The molecule has 2 aliphatic rings. The SMILES string of the molecule is Cc1ccc(NC(=O)c2nnc(C(=O)N3CCCC(C(=O)NCCCN4CCCCC4)C3)s2)cc1. The largest absolute Gasteiger partial charge is 0.356 e. The van der Waals surface area contributed by atoms with Gasteiger partial charge in [0, 0.05) is 25.3 Å². The van der Waals surface area contributed by atoms with Crippen molar-refractivity contribution in [1.29, 1.82) is 0 Å². The molecule has 1 unspecified atom stereocenters. The Labute approximate surface area is 210 Å². The lowest BCUT2D eigenvalue weighted by Gasteiger charge is -2.31. The van der Waals surface area contributed by atoms with E-state index in [4.69, 9.17) is 0 Å². The lowest BCUT2D eigenvalue weighted by Crippen LogP contribution is -2.45. The molecule has 1 atom stereocenters. The number of aromatic nitrogens is 2. The van der Waals surface area contributed by atoms with E-state index in [9.17, 15) is 14.4 Å². The fraction of sp³-hybridized carbons (Fsp3) is 0.560. The molecule has 3 amide bonds. The van der Waals surface area contributed by atoms with Crippen molar-refractivity contribution in [3.05, 3.63) is 39.8 Å². The summed E-state index contributed by atoms with van der Waals surface area (Å²) in [5.74, 6) is -0.887. The van der Waals surface area contributed by atoms with E-state index in [1.54, 1.807) is 4.90 Å². The van der Waals surface area contributed by atoms with E-state index in [1.165, 1.54) is 19.3 Å². The zero-order valence-corrected chi connectivity index (χ0v) is 21.1. The number of likely N-dealkylation sites (tertiary alicyclic amines) is 2. The second-order valence-electron chi connectivity index (χ2n) is 9.37. The number of hydrogen-bond donors (Lipinski definition) is 2. The summed E-state index contributed by atoms with van der Waals surface area (Å²) >= 11 is 0.974. The quantitative estimate of drug-likeness (QED) is 0.542. The molecule has 0 spiro atoms. The Balaban J connectivity index is 1.24. The number of piperidine rings is 2. The third-order valence-corrected chi connectivity index (χ3v) is 7.50. The van der Waals surface area contributed by atoms with E-state index in [0.717, 1.165) is 55.8 Å². The van der Waals surface area contributed by atoms with Crippen LogP contribution in [0.1, 0.15) is 63.7 Å². The highest BCUT2D eigenvalue weighted by molar-refractivity contribution is 7.15. The highest BCUT2D eigenvalue weighted by Crippen LogP contribution is 2.21. The van der Waals surface area contributed by atoms with Crippen molar-refractivity contribution in [2.45, 2.75) is 45.4 Å². The molecular weight excluding hydrogens is 464 g/mol. The van der Waals surface area contributed by atoms with Crippen LogP contribution in [0.3, 0.4) is 0 Å². The Bertz CT molecular complexity index is 1020. The normalized spacial score (nSPS) is 18.8. The van der Waals surface area contributed by atoms with Gasteiger partial charge in [-0.3, -0.25) is 14.4 Å². The molecule has 3 heterocycles. The van der Waals surface area contributed by atoms with Crippen molar-refractivity contribution in [3.63, 3.8) is 0 Å². The first-order chi connectivity index (χ1) is 17.0. The number of amides is 3. The predicted molar refractivity (Wildman–Crippen MR) is 136 cm³/mol. The van der Waals surface area contributed by atoms with Crippen LogP contribution in [0.15, 0.2) is 24.3 Å². The zero-order chi connectivity index (χ0) is 24.6. The summed E-state index contributed by atoms with van der Waals surface area (Å²) in [6.45, 7) is 6.91. The monoisotopic (exact) mass is 498 g/mol. The van der Waals surface area contributed by atoms with Gasteiger partial charge in [0.15, 0.2) is 0 Å². The summed E-state index contributed by atoms with van der Waals surface area (Å²) in [6.07, 6.45) is 6.33. The Hall–Kier alpha value is -2.85. The molecule has 0 bridgehead atoms. The van der Waals surface area contributed by atoms with E-state index < -0.39 is 5.91 Å². The summed E-state index contributed by atoms with van der Waals surface area (Å²) < 4.78 is 0. The number of carbonyl (C=O) groups excluding carboxylic acids is 3. The number of aryl methyl sites for hydroxylation is 1. The number of hydrogen-bond acceptors (Lipinski definition) is 7. The van der Waals surface area contributed by atoms with Gasteiger partial charge in [0.25, 0.3) is 11.8 Å². The number of rotatable bonds is 8. The van der Waals surface area contributed by atoms with Gasteiger partial charge in [0.05, 0.1) is 5.92 Å². The molecular formula is C25H34N6O3S. The molecule has 9 nitrogen and oxygen atoms in total. The van der Waals surface area contributed by atoms with Crippen molar-refractivity contribution in [2.24, 2.45) is 5.92 Å². The smallest absolute Gasteiger partial charge is 0.286 e. The summed E-state index contributed by atoms with van der Waals surface area (Å²) in [4.78, 5) is 42.3. The van der Waals surface area contributed by atoms with Crippen LogP contribution < -0.4 is 10.6 Å². The average Bonchev–Trinajstić information content (AvgIpc) is 3.39. The molecule has 0 aliphatic carbocycles. The molecule has 0 saturated carbocycles. The zero-order valence-electron chi connectivity index (χ0n) is 20.3. The van der Waals surface area contributed by atoms with Crippen LogP contribution in [-0.4, -0.2) is 77.0 Å². The van der Waals surface area contributed by atoms with E-state index in [-0.39, 0.29) is 27.7 Å². The Morgan fingerprint density at radius 1 is 1.00 bits per heavy atom. The van der Waals surface area contributed by atoms with Crippen LogP contribution in [0.25, 0.3) is 0 Å². The van der Waals surface area contributed by atoms with E-state index in [2.05, 4.69) is 25.7 Å². The number of benzene rings is 1. The summed E-state index contributed by atoms with van der Waals surface area (Å²) in [5, 5.41) is 14.0. The van der Waals surface area contributed by atoms with Crippen molar-refractivity contribution in [1.82, 2.24) is 25.3 Å². The fourth-order valence-corrected chi connectivity index (χ4v) is 5.28. The highest BCUT2D eigenvalue weighted by Gasteiger charge is 2.30. The van der Waals surface area contributed by atoms with Gasteiger partial charge >= 0.3 is 0 Å². The fourth-order valence-electron chi connectivity index (χ4n) is 4.58. The molecule has 2 aromatic rings. The first kappa shape index (κ1) is 25.2. The minimum atomic E-state index is -0.397. The minimum absolute atomic E-state index is 0.0107. The molecule has 2 N–H and O–H groups in total. The first-order valence-electron chi connectivity index (χ1n) is 12.5. The van der Waals surface area contributed by atoms with Crippen LogP contribution in [0.4, 0.5) is 5.69 Å². The molecule has 4 rings (SSSR count). The molecule has 2 saturated heterocycles. The van der Waals surface area contributed by atoms with Gasteiger partial charge in [-0.2, -0.15) is 0 Å². The van der Waals surface area contributed by atoms with Crippen LogP contribution >= 0.6 is 11.3 Å². The molecule has 188 valence electrons. The third-order valence-electron chi connectivity index (χ3n) is 6.59. The number of nitrogens with one attached hydrogen (secondary N) is 2. The number of anilines is 1. The van der Waals surface area contributed by atoms with Gasteiger partial charge in [-0.1, -0.05) is 35.5 Å². The van der Waals surface area contributed by atoms with E-state index in [1.807, 2.05) is 31.2 Å². The van der Waals surface area contributed by atoms with Gasteiger partial charge in [-0.05, 0) is 70.8 Å². The van der Waals surface area contributed by atoms with E-state index >= 15 is 0 Å². The maximum Gasteiger partial charge on any atom is 0.286 e. The molecule has 1 aromatic heterocycles. The third kappa shape index (κ3) is 7.08. The molecule has 2 aliphatic heterocycles. The average molecular weight is 499 g/mol. The number of carbonyl (C=O) groups is 3. The van der Waals surface area contributed by atoms with Crippen molar-refractivity contribution < 1.29 is 14.4 Å². The summed E-state index contributed by atoms with van der Waals surface area (Å²) in [6, 6.07) is 7.43. The predicted octanol–water partition coefficient (Wildman–Crippen LogP) is 2.94. The summed E-state index contributed by atoms with van der Waals surface area (Å²) in [7, 11) is 0. The lowest BCUT2D eigenvalue weighted by atomic mass is 9.97. The Kier molecular flexibility index (Phi) is 8.81. The van der Waals surface area contributed by atoms with Crippen LogP contribution in [-0.2, 0) is 4.79 Å². The van der Waals surface area contributed by atoms with Gasteiger partial charge in [-0.25, -0.2) is 0 Å². The van der Waals surface area contributed by atoms with Gasteiger partial charge in [-0.15, -0.1) is 10.2 Å². The standard InChI is InChI=1S/C25H34N6O3S/c1-18-8-10-20(11-9-18)27-22(33)23-28-29-24(35-23)25(34)31-16-5-7-19(17-31)21(32)26-12-6-15-30-13-3-2-4-14-30/h8-11,19H,2-7,12-17H2,1H3,(H,26,32)(H,27,33). The maximum absolute atomic E-state index is 13.0. The number of nitrogens with zero attached hydrogens (tertiary/aromatic N) is 4. The van der Waals surface area contributed by atoms with Crippen LogP contribution in [0.5, 0.6) is 0 Å². The Morgan fingerprint density at radius 3 is 2.51 bits per heavy atom. The van der Waals surface area contributed by atoms with Gasteiger partial charge in [0.1, 0.15) is 0 Å². The molecule has 1 aromatic carbocycles. The van der Waals surface area contributed by atoms with Crippen LogP contribution in [0.2, 0.25) is 0 Å². The Morgan fingerprint density at radius 2 is 1.74 bits per heavy atom. The van der Waals surface area contributed by atoms with E-state index in [0.29, 0.717) is 25.3 Å². The highest BCUT2D eigenvalue weighted by atomic mass is 32.1. The minimum Gasteiger partial charge on any atom is -0.356 e. The topological polar surface area (TPSA) is 108 Å². The molecule has 2 fully saturated rings. The summed E-state index contributed by atoms with van der Waals surface area (Å²) in [5.41, 5.74) is 1.75. The van der Waals surface area contributed by atoms with Gasteiger partial charge < -0.3 is 20.4 Å². The van der Waals surface area contributed by atoms with Crippen molar-refractivity contribution in [3.8, 4) is 0 Å². The van der Waals surface area contributed by atoms with Crippen molar-refractivity contribution in [2.75, 3.05) is 44.6 Å². The second-order valence-corrected chi connectivity index (χ2v) is 10.3. The lowest BCUT2D eigenvalue weighted by molar-refractivity contribution is -0.126. The molecule has 10 heteroatoms. The van der Waals surface area contributed by atoms with Crippen LogP contribution in [0, 0.1) is 12.8 Å².